The molecule has 0 heterocycles. The molecule has 0 aliphatic heterocycles. The van der Waals surface area contributed by atoms with Gasteiger partial charge in [0.1, 0.15) is 0 Å². The lowest BCUT2D eigenvalue weighted by atomic mass is 10.2. The summed E-state index contributed by atoms with van der Waals surface area (Å²) in [5, 5.41) is 0. The molecule has 0 aliphatic rings. The first-order valence-electron chi connectivity index (χ1n) is 4.88. The number of carbonyl (C=O) groups is 1. The van der Waals surface area contributed by atoms with Gasteiger partial charge < -0.3 is 9.64 Å². The van der Waals surface area contributed by atoms with Crippen LogP contribution in [0.2, 0.25) is 0 Å². The number of rotatable bonds is 5. The van der Waals surface area contributed by atoms with Crippen LogP contribution >= 0.6 is 0 Å². The summed E-state index contributed by atoms with van der Waals surface area (Å²) in [5.41, 5.74) is 0. The van der Waals surface area contributed by atoms with E-state index in [1.165, 1.54) is 0 Å². The van der Waals surface area contributed by atoms with Crippen LogP contribution in [0.1, 0.15) is 34.1 Å². The molecule has 0 bridgehead atoms. The third kappa shape index (κ3) is 4.15. The molecule has 0 saturated heterocycles. The van der Waals surface area contributed by atoms with Gasteiger partial charge in [0.15, 0.2) is 0 Å². The molecule has 0 N–H and O–H groups in total. The second kappa shape index (κ2) is 6.75. The van der Waals surface area contributed by atoms with Crippen LogP contribution in [-0.4, -0.2) is 30.2 Å². The van der Waals surface area contributed by atoms with Crippen LogP contribution in [0.25, 0.3) is 0 Å². The van der Waals surface area contributed by atoms with Gasteiger partial charge in [-0.3, -0.25) is 0 Å². The SMILES string of the molecule is C[CH]CC(C)N(CC)C(=O)OCC. The van der Waals surface area contributed by atoms with Crippen LogP contribution < -0.4 is 0 Å². The van der Waals surface area contributed by atoms with Gasteiger partial charge in [-0.2, -0.15) is 0 Å². The maximum Gasteiger partial charge on any atom is 0.409 e. The number of carbonyl (C=O) groups excluding carboxylic acids is 1. The van der Waals surface area contributed by atoms with Crippen LogP contribution in [0.15, 0.2) is 0 Å². The molecule has 1 amide bonds. The van der Waals surface area contributed by atoms with E-state index in [-0.39, 0.29) is 12.1 Å². The molecule has 1 radical (unpaired) electrons. The number of nitrogens with zero attached hydrogens (tertiary/aromatic N) is 1. The number of ether oxygens (including phenoxy) is 1. The topological polar surface area (TPSA) is 29.5 Å². The van der Waals surface area contributed by atoms with E-state index in [1.807, 2.05) is 27.7 Å². The third-order valence-corrected chi connectivity index (χ3v) is 1.95. The molecular formula is C10H20NO2. The summed E-state index contributed by atoms with van der Waals surface area (Å²) >= 11 is 0. The van der Waals surface area contributed by atoms with Crippen molar-refractivity contribution in [1.82, 2.24) is 4.90 Å². The minimum absolute atomic E-state index is 0.209. The Morgan fingerprint density at radius 2 is 2.15 bits per heavy atom. The molecule has 0 aromatic carbocycles. The maximum absolute atomic E-state index is 11.4. The molecule has 77 valence electrons. The Bertz CT molecular complexity index is 148. The first-order chi connectivity index (χ1) is 6.17. The first-order valence-corrected chi connectivity index (χ1v) is 4.88. The minimum Gasteiger partial charge on any atom is -0.450 e. The van der Waals surface area contributed by atoms with Gasteiger partial charge in [0.05, 0.1) is 6.61 Å². The van der Waals surface area contributed by atoms with Crippen molar-refractivity contribution in [2.24, 2.45) is 0 Å². The lowest BCUT2D eigenvalue weighted by Gasteiger charge is -2.26. The van der Waals surface area contributed by atoms with Gasteiger partial charge in [0.2, 0.25) is 0 Å². The van der Waals surface area contributed by atoms with E-state index in [4.69, 9.17) is 4.74 Å². The fraction of sp³-hybridized carbons (Fsp3) is 0.800. The Kier molecular flexibility index (Phi) is 6.37. The second-order valence-corrected chi connectivity index (χ2v) is 2.98. The Balaban J connectivity index is 4.06. The van der Waals surface area contributed by atoms with Gasteiger partial charge in [-0.05, 0) is 33.6 Å². The van der Waals surface area contributed by atoms with E-state index >= 15 is 0 Å². The van der Waals surface area contributed by atoms with Gasteiger partial charge in [0.25, 0.3) is 0 Å². The highest BCUT2D eigenvalue weighted by Gasteiger charge is 2.18. The second-order valence-electron chi connectivity index (χ2n) is 2.98. The molecule has 1 unspecified atom stereocenters. The van der Waals surface area contributed by atoms with Gasteiger partial charge in [-0.25, -0.2) is 4.79 Å². The molecule has 1 atom stereocenters. The van der Waals surface area contributed by atoms with E-state index < -0.39 is 0 Å². The lowest BCUT2D eigenvalue weighted by Crippen LogP contribution is -2.38. The van der Waals surface area contributed by atoms with E-state index in [0.717, 1.165) is 6.42 Å². The molecule has 13 heavy (non-hydrogen) atoms. The summed E-state index contributed by atoms with van der Waals surface area (Å²) in [6.45, 7) is 8.95. The molecule has 3 nitrogen and oxygen atoms in total. The Morgan fingerprint density at radius 3 is 2.54 bits per heavy atom. The van der Waals surface area contributed by atoms with E-state index in [9.17, 15) is 4.79 Å². The fourth-order valence-electron chi connectivity index (χ4n) is 1.30. The smallest absolute Gasteiger partial charge is 0.409 e. The monoisotopic (exact) mass is 186 g/mol. The van der Waals surface area contributed by atoms with E-state index in [0.29, 0.717) is 13.2 Å². The predicted octanol–water partition coefficient (Wildman–Crippen LogP) is 2.47. The van der Waals surface area contributed by atoms with Crippen molar-refractivity contribution in [3.63, 3.8) is 0 Å². The molecule has 0 aliphatic carbocycles. The van der Waals surface area contributed by atoms with E-state index in [1.54, 1.807) is 4.90 Å². The van der Waals surface area contributed by atoms with Gasteiger partial charge >= 0.3 is 6.09 Å². The average Bonchev–Trinajstić information content (AvgIpc) is 2.06. The highest BCUT2D eigenvalue weighted by molar-refractivity contribution is 5.67. The quantitative estimate of drug-likeness (QED) is 0.660. The van der Waals surface area contributed by atoms with Crippen molar-refractivity contribution in [3.05, 3.63) is 6.42 Å². The summed E-state index contributed by atoms with van der Waals surface area (Å²) in [7, 11) is 0. The summed E-state index contributed by atoms with van der Waals surface area (Å²) in [6.07, 6.45) is 2.76. The zero-order valence-electron chi connectivity index (χ0n) is 9.04. The van der Waals surface area contributed by atoms with Crippen molar-refractivity contribution >= 4 is 6.09 Å². The fourth-order valence-corrected chi connectivity index (χ4v) is 1.30. The number of amides is 1. The van der Waals surface area contributed by atoms with Crippen LogP contribution in [-0.2, 0) is 4.74 Å². The van der Waals surface area contributed by atoms with Gasteiger partial charge in [-0.15, -0.1) is 0 Å². The van der Waals surface area contributed by atoms with Crippen LogP contribution in [0.3, 0.4) is 0 Å². The van der Waals surface area contributed by atoms with Crippen molar-refractivity contribution in [2.45, 2.75) is 40.2 Å². The highest BCUT2D eigenvalue weighted by atomic mass is 16.6. The molecule has 0 aromatic rings. The van der Waals surface area contributed by atoms with Gasteiger partial charge in [-0.1, -0.05) is 6.92 Å². The normalized spacial score (nSPS) is 12.3. The minimum atomic E-state index is -0.209. The van der Waals surface area contributed by atoms with Crippen molar-refractivity contribution in [2.75, 3.05) is 13.2 Å². The number of hydrogen-bond donors (Lipinski definition) is 0. The van der Waals surface area contributed by atoms with Crippen molar-refractivity contribution in [3.8, 4) is 0 Å². The molecule has 0 saturated carbocycles. The molecule has 0 rings (SSSR count). The van der Waals surface area contributed by atoms with E-state index in [2.05, 4.69) is 6.42 Å². The maximum atomic E-state index is 11.4. The standard InChI is InChI=1S/C10H20NO2/c1-5-8-9(4)11(6-2)10(12)13-7-3/h5,9H,6-8H2,1-4H3. The zero-order chi connectivity index (χ0) is 10.3. The summed E-state index contributed by atoms with van der Waals surface area (Å²) in [5.74, 6) is 0. The first kappa shape index (κ1) is 12.3. The average molecular weight is 186 g/mol. The van der Waals surface area contributed by atoms with Crippen LogP contribution in [0.5, 0.6) is 0 Å². The summed E-state index contributed by atoms with van der Waals surface area (Å²) < 4.78 is 4.94. The summed E-state index contributed by atoms with van der Waals surface area (Å²) in [6, 6.07) is 0.231. The van der Waals surface area contributed by atoms with Crippen LogP contribution in [0, 0.1) is 6.42 Å². The third-order valence-electron chi connectivity index (χ3n) is 1.95. The van der Waals surface area contributed by atoms with Crippen molar-refractivity contribution in [1.29, 1.82) is 0 Å². The Hall–Kier alpha value is -0.730. The zero-order valence-corrected chi connectivity index (χ0v) is 9.04. The highest BCUT2D eigenvalue weighted by Crippen LogP contribution is 2.07. The molecule has 0 aromatic heterocycles. The number of hydrogen-bond acceptors (Lipinski definition) is 2. The molecule has 0 fully saturated rings. The predicted molar refractivity (Wildman–Crippen MR) is 53.5 cm³/mol. The van der Waals surface area contributed by atoms with Crippen LogP contribution in [0.4, 0.5) is 4.79 Å². The van der Waals surface area contributed by atoms with Gasteiger partial charge in [0, 0.05) is 12.6 Å². The summed E-state index contributed by atoms with van der Waals surface area (Å²) in [4.78, 5) is 13.1. The Labute approximate surface area is 81.1 Å². The Morgan fingerprint density at radius 1 is 1.54 bits per heavy atom. The molecular weight excluding hydrogens is 166 g/mol. The molecule has 3 heteroatoms. The largest absolute Gasteiger partial charge is 0.450 e. The molecule has 0 spiro atoms. The van der Waals surface area contributed by atoms with Crippen molar-refractivity contribution < 1.29 is 9.53 Å². The lowest BCUT2D eigenvalue weighted by molar-refractivity contribution is 0.0953.